The lowest BCUT2D eigenvalue weighted by molar-refractivity contribution is 0.115. The number of halogens is 1. The number of aromatic nitrogens is 8. The molecule has 2 aromatic carbocycles. The summed E-state index contributed by atoms with van der Waals surface area (Å²) < 4.78 is 3.94. The van der Waals surface area contributed by atoms with Gasteiger partial charge in [0.05, 0.1) is 36.5 Å². The van der Waals surface area contributed by atoms with E-state index >= 15 is 0 Å². The summed E-state index contributed by atoms with van der Waals surface area (Å²) in [4.78, 5) is 27.6. The minimum absolute atomic E-state index is 0.0119. The maximum Gasteiger partial charge on any atom is 0.227 e. The van der Waals surface area contributed by atoms with Crippen molar-refractivity contribution in [1.82, 2.24) is 39.0 Å². The molecule has 3 unspecified atom stereocenters. The van der Waals surface area contributed by atoms with Crippen LogP contribution in [-0.4, -0.2) is 79.6 Å². The summed E-state index contributed by atoms with van der Waals surface area (Å²) in [7, 11) is 0. The number of hydrogen-bond acceptors (Lipinski definition) is 14. The van der Waals surface area contributed by atoms with E-state index in [4.69, 9.17) is 22.6 Å². The van der Waals surface area contributed by atoms with Gasteiger partial charge in [0.2, 0.25) is 11.9 Å². The highest BCUT2D eigenvalue weighted by atomic mass is 35.5. The third kappa shape index (κ3) is 9.09. The standard InChI is InChI=1S/C20H23N7O.C19H24ClN7O/c1-2-27-12-22-17-18(23-15-5-3-4-13(10-15)11-21)25-20(26-19(17)27)24-14-6-8-16(28)9-7-14;1-2-27-10-22-16-17(23-12-5-3-4-11(20)8-12)25-19(26-18(16)27)24-15-7-6-13(28)9-14(15)21/h3-5,10,12,14,16,28H,2,6-9H2,1H3,(H2,23,24,25,26);3-5,8,10,13-15,28H,2,6-7,9,21H2,1H3,(H2,23,24,25,26). The molecule has 2 aliphatic carbocycles. The Morgan fingerprint density at radius 3 is 1.91 bits per heavy atom. The molecule has 2 aliphatic rings. The lowest BCUT2D eigenvalue weighted by Gasteiger charge is -2.32. The highest BCUT2D eigenvalue weighted by molar-refractivity contribution is 6.30. The van der Waals surface area contributed by atoms with Crippen LogP contribution in [0.25, 0.3) is 22.3 Å². The van der Waals surface area contributed by atoms with Gasteiger partial charge in [-0.15, -0.1) is 0 Å². The molecule has 0 radical (unpaired) electrons. The minimum Gasteiger partial charge on any atom is -0.393 e. The number of aliphatic hydroxyl groups is 2. The normalized spacial score (nSPS) is 20.8. The molecule has 0 spiro atoms. The van der Waals surface area contributed by atoms with Gasteiger partial charge in [0.25, 0.3) is 0 Å². The van der Waals surface area contributed by atoms with E-state index in [-0.39, 0.29) is 30.3 Å². The van der Waals surface area contributed by atoms with E-state index < -0.39 is 0 Å². The van der Waals surface area contributed by atoms with E-state index in [1.54, 1.807) is 24.8 Å². The molecule has 0 aliphatic heterocycles. The second kappa shape index (κ2) is 17.5. The number of anilines is 6. The van der Waals surface area contributed by atoms with Gasteiger partial charge < -0.3 is 46.3 Å². The predicted octanol–water partition coefficient (Wildman–Crippen LogP) is 6.07. The first-order valence-electron chi connectivity index (χ1n) is 19.1. The third-order valence-corrected chi connectivity index (χ3v) is 10.4. The molecule has 8 rings (SSSR count). The van der Waals surface area contributed by atoms with Crippen LogP contribution in [0, 0.1) is 11.3 Å². The van der Waals surface area contributed by atoms with Crippen LogP contribution < -0.4 is 27.0 Å². The summed E-state index contributed by atoms with van der Waals surface area (Å²) in [6.07, 6.45) is 8.41. The zero-order valence-corrected chi connectivity index (χ0v) is 32.2. The number of aryl methyl sites for hydroxylation is 2. The van der Waals surface area contributed by atoms with Crippen molar-refractivity contribution in [3.05, 3.63) is 71.8 Å². The molecule has 2 fully saturated rings. The number of fused-ring (bicyclic) bond motifs is 2. The van der Waals surface area contributed by atoms with Crippen LogP contribution in [0.2, 0.25) is 5.02 Å². The monoisotopic (exact) mass is 778 g/mol. The molecule has 4 aromatic heterocycles. The van der Waals surface area contributed by atoms with Crippen molar-refractivity contribution < 1.29 is 10.2 Å². The zero-order valence-electron chi connectivity index (χ0n) is 31.4. The number of hydrogen-bond donors (Lipinski definition) is 7. The smallest absolute Gasteiger partial charge is 0.227 e. The van der Waals surface area contributed by atoms with Crippen LogP contribution in [0.5, 0.6) is 0 Å². The number of nitrogens with two attached hydrogens (primary N) is 1. The summed E-state index contributed by atoms with van der Waals surface area (Å²) in [6.45, 7) is 5.59. The van der Waals surface area contributed by atoms with Crippen LogP contribution in [0.4, 0.5) is 34.9 Å². The Hall–Kier alpha value is -5.60. The van der Waals surface area contributed by atoms with Crippen molar-refractivity contribution in [2.45, 2.75) is 102 Å². The van der Waals surface area contributed by atoms with Crippen LogP contribution in [0.1, 0.15) is 64.4 Å². The first-order chi connectivity index (χ1) is 27.2. The Balaban J connectivity index is 0.000000172. The predicted molar refractivity (Wildman–Crippen MR) is 218 cm³/mol. The summed E-state index contributed by atoms with van der Waals surface area (Å²) in [5, 5.41) is 42.7. The lowest BCUT2D eigenvalue weighted by atomic mass is 9.89. The van der Waals surface area contributed by atoms with Gasteiger partial charge in [0.15, 0.2) is 34.0 Å². The number of nitrogens with zero attached hydrogens (tertiary/aromatic N) is 9. The molecular formula is C39H47ClN14O2. The SMILES string of the molecule is CCn1cnc2c(Nc3cccc(C#N)c3)nc(NC3CCC(O)CC3)nc21.CCn1cnc2c(Nc3cccc(Cl)c3)nc(NC3CCC(O)CC3N)nc21. The summed E-state index contributed by atoms with van der Waals surface area (Å²) >= 11 is 6.10. The molecule has 16 nitrogen and oxygen atoms in total. The second-order valence-corrected chi connectivity index (χ2v) is 14.6. The van der Waals surface area contributed by atoms with Crippen molar-refractivity contribution in [2.75, 3.05) is 21.3 Å². The first kappa shape index (κ1) is 38.7. The molecule has 292 valence electrons. The number of aliphatic hydroxyl groups excluding tert-OH is 2. The second-order valence-electron chi connectivity index (χ2n) is 14.2. The van der Waals surface area contributed by atoms with Gasteiger partial charge in [-0.1, -0.05) is 23.7 Å². The summed E-state index contributed by atoms with van der Waals surface area (Å²) in [6, 6.07) is 17.0. The number of benzene rings is 2. The van der Waals surface area contributed by atoms with E-state index in [9.17, 15) is 10.2 Å². The van der Waals surface area contributed by atoms with Crippen LogP contribution in [0.3, 0.4) is 0 Å². The molecule has 3 atom stereocenters. The molecule has 0 amide bonds. The fourth-order valence-electron chi connectivity index (χ4n) is 7.09. The van der Waals surface area contributed by atoms with E-state index in [0.29, 0.717) is 58.0 Å². The lowest BCUT2D eigenvalue weighted by Crippen LogP contribution is -2.46. The van der Waals surface area contributed by atoms with Crippen LogP contribution in [-0.2, 0) is 13.1 Å². The maximum absolute atomic E-state index is 9.80. The molecule has 6 aromatic rings. The minimum atomic E-state index is -0.335. The Kier molecular flexibility index (Phi) is 12.1. The number of imidazole rings is 2. The number of rotatable bonds is 10. The molecule has 56 heavy (non-hydrogen) atoms. The highest BCUT2D eigenvalue weighted by Crippen LogP contribution is 2.29. The molecule has 2 saturated carbocycles. The van der Waals surface area contributed by atoms with Gasteiger partial charge in [-0.25, -0.2) is 9.97 Å². The summed E-state index contributed by atoms with van der Waals surface area (Å²) in [5.41, 5.74) is 11.3. The Morgan fingerprint density at radius 1 is 0.768 bits per heavy atom. The maximum atomic E-state index is 9.80. The van der Waals surface area contributed by atoms with Gasteiger partial charge >= 0.3 is 0 Å². The number of nitriles is 1. The van der Waals surface area contributed by atoms with E-state index in [2.05, 4.69) is 57.2 Å². The molecule has 0 bridgehead atoms. The molecule has 0 saturated heterocycles. The number of nitrogens with one attached hydrogen (secondary N) is 4. The Bertz CT molecular complexity index is 2320. The van der Waals surface area contributed by atoms with E-state index in [1.807, 2.05) is 59.4 Å². The largest absolute Gasteiger partial charge is 0.393 e. The Labute approximate surface area is 329 Å². The van der Waals surface area contributed by atoms with Crippen LogP contribution >= 0.6 is 11.6 Å². The molecule has 4 heterocycles. The topological polar surface area (TPSA) is 226 Å². The van der Waals surface area contributed by atoms with E-state index in [1.165, 1.54) is 0 Å². The molecule has 8 N–H and O–H groups in total. The molecule has 17 heteroatoms. The summed E-state index contributed by atoms with van der Waals surface area (Å²) in [5.74, 6) is 2.24. The van der Waals surface area contributed by atoms with Crippen molar-refractivity contribution in [1.29, 1.82) is 5.26 Å². The van der Waals surface area contributed by atoms with Crippen LogP contribution in [0.15, 0.2) is 61.2 Å². The van der Waals surface area contributed by atoms with Gasteiger partial charge in [-0.3, -0.25) is 0 Å². The third-order valence-electron chi connectivity index (χ3n) is 10.2. The van der Waals surface area contributed by atoms with Crippen molar-refractivity contribution in [3.8, 4) is 6.07 Å². The fourth-order valence-corrected chi connectivity index (χ4v) is 7.28. The Morgan fingerprint density at radius 2 is 1.34 bits per heavy atom. The quantitative estimate of drug-likeness (QED) is 0.0838. The van der Waals surface area contributed by atoms with E-state index in [0.717, 1.165) is 67.9 Å². The molecular weight excluding hydrogens is 732 g/mol. The fraction of sp³-hybridized carbons (Fsp3) is 0.410. The highest BCUT2D eigenvalue weighted by Gasteiger charge is 2.28. The van der Waals surface area contributed by atoms with Gasteiger partial charge in [-0.2, -0.15) is 25.2 Å². The van der Waals surface area contributed by atoms with Crippen molar-refractivity contribution in [3.63, 3.8) is 0 Å². The average Bonchev–Trinajstić information content (AvgIpc) is 3.81. The van der Waals surface area contributed by atoms with Gasteiger partial charge in [0, 0.05) is 47.6 Å². The van der Waals surface area contributed by atoms with Gasteiger partial charge in [0.1, 0.15) is 0 Å². The van der Waals surface area contributed by atoms with Gasteiger partial charge in [-0.05, 0) is 95.2 Å². The van der Waals surface area contributed by atoms with Crippen molar-refractivity contribution >= 4 is 68.8 Å². The zero-order chi connectivity index (χ0) is 39.2. The van der Waals surface area contributed by atoms with Crippen molar-refractivity contribution in [2.24, 2.45) is 5.73 Å². The first-order valence-corrected chi connectivity index (χ1v) is 19.5. The average molecular weight is 779 g/mol.